The van der Waals surface area contributed by atoms with Gasteiger partial charge in [-0.3, -0.25) is 4.79 Å². The Morgan fingerprint density at radius 1 is 1.07 bits per heavy atom. The molecule has 0 unspecified atom stereocenters. The fourth-order valence-electron chi connectivity index (χ4n) is 2.85. The Hall–Kier alpha value is -2.80. The number of nitrogens with one attached hydrogen (secondary N) is 1. The third-order valence-corrected chi connectivity index (χ3v) is 6.22. The molecule has 2 aromatic carbocycles. The largest absolute Gasteiger partial charge is 0.497 e. The number of thiophene rings is 1. The second-order valence-electron chi connectivity index (χ2n) is 6.21. The van der Waals surface area contributed by atoms with E-state index in [4.69, 9.17) is 33.7 Å². The second-order valence-corrected chi connectivity index (χ2v) is 8.02. The van der Waals surface area contributed by atoms with E-state index in [1.807, 2.05) is 36.4 Å². The zero-order chi connectivity index (χ0) is 20.5. The number of carbonyl (C=O) groups excluding carboxylic acids is 1. The Balaban J connectivity index is 1.65. The molecule has 0 aliphatic carbocycles. The SMILES string of the molecule is COc1ccc(-c2ccc3c(N)c(C(=O)Nc4ccc(Cl)c(Cl)c4)sc3n2)cc1. The maximum Gasteiger partial charge on any atom is 0.267 e. The summed E-state index contributed by atoms with van der Waals surface area (Å²) in [4.78, 5) is 18.5. The molecule has 0 radical (unpaired) electrons. The quantitative estimate of drug-likeness (QED) is 0.398. The highest BCUT2D eigenvalue weighted by molar-refractivity contribution is 7.21. The van der Waals surface area contributed by atoms with Crippen LogP contribution in [0.15, 0.2) is 54.6 Å². The lowest BCUT2D eigenvalue weighted by atomic mass is 10.1. The maximum absolute atomic E-state index is 12.7. The number of benzene rings is 2. The molecule has 2 aromatic heterocycles. The predicted octanol–water partition coefficient (Wildman–Crippen LogP) is 6.11. The number of amides is 1. The molecule has 0 aliphatic heterocycles. The van der Waals surface area contributed by atoms with E-state index in [1.165, 1.54) is 11.3 Å². The minimum atomic E-state index is -0.324. The van der Waals surface area contributed by atoms with E-state index in [2.05, 4.69) is 10.3 Å². The average molecular weight is 444 g/mol. The summed E-state index contributed by atoms with van der Waals surface area (Å²) in [5, 5.41) is 4.31. The second kappa shape index (κ2) is 7.91. The average Bonchev–Trinajstić information content (AvgIpc) is 3.07. The molecule has 2 heterocycles. The van der Waals surface area contributed by atoms with Crippen molar-refractivity contribution in [3.05, 3.63) is 69.5 Å². The standard InChI is InChI=1S/C21H15Cl2N3O2S/c1-28-13-5-2-11(3-6-13)17-9-7-14-18(24)19(29-21(14)26-17)20(27)25-12-4-8-15(22)16(23)10-12/h2-10H,24H2,1H3,(H,25,27). The van der Waals surface area contributed by atoms with Gasteiger partial charge in [0.05, 0.1) is 28.5 Å². The lowest BCUT2D eigenvalue weighted by Crippen LogP contribution is -2.11. The molecule has 4 aromatic rings. The van der Waals surface area contributed by atoms with Gasteiger partial charge in [-0.15, -0.1) is 11.3 Å². The molecule has 0 saturated heterocycles. The summed E-state index contributed by atoms with van der Waals surface area (Å²) in [5.41, 5.74) is 8.89. The van der Waals surface area contributed by atoms with Gasteiger partial charge in [-0.05, 0) is 54.6 Å². The van der Waals surface area contributed by atoms with Gasteiger partial charge in [0.25, 0.3) is 5.91 Å². The van der Waals surface area contributed by atoms with Gasteiger partial charge in [-0.1, -0.05) is 23.2 Å². The summed E-state index contributed by atoms with van der Waals surface area (Å²) >= 11 is 13.2. The Bertz CT molecular complexity index is 1220. The normalized spacial score (nSPS) is 10.9. The third kappa shape index (κ3) is 3.87. The molecule has 1 amide bonds. The molecule has 146 valence electrons. The molecule has 0 bridgehead atoms. The van der Waals surface area contributed by atoms with Gasteiger partial charge >= 0.3 is 0 Å². The van der Waals surface area contributed by atoms with Crippen molar-refractivity contribution >= 4 is 62.0 Å². The van der Waals surface area contributed by atoms with E-state index >= 15 is 0 Å². The number of nitrogen functional groups attached to an aromatic ring is 1. The van der Waals surface area contributed by atoms with E-state index in [1.54, 1.807) is 25.3 Å². The van der Waals surface area contributed by atoms with Crippen LogP contribution in [0.2, 0.25) is 10.0 Å². The van der Waals surface area contributed by atoms with Crippen LogP contribution < -0.4 is 15.8 Å². The number of methoxy groups -OCH3 is 1. The van der Waals surface area contributed by atoms with Crippen LogP contribution in [0.3, 0.4) is 0 Å². The topological polar surface area (TPSA) is 77.2 Å². The van der Waals surface area contributed by atoms with Crippen LogP contribution in [-0.4, -0.2) is 18.0 Å². The summed E-state index contributed by atoms with van der Waals surface area (Å²) in [5.74, 6) is 0.450. The van der Waals surface area contributed by atoms with Gasteiger partial charge in [0.1, 0.15) is 15.5 Å². The Kier molecular flexibility index (Phi) is 5.32. The van der Waals surface area contributed by atoms with Crippen LogP contribution >= 0.6 is 34.5 Å². The summed E-state index contributed by atoms with van der Waals surface area (Å²) in [6.07, 6.45) is 0. The van der Waals surface area contributed by atoms with Crippen LogP contribution in [0.1, 0.15) is 9.67 Å². The van der Waals surface area contributed by atoms with Gasteiger partial charge in [0.2, 0.25) is 0 Å². The van der Waals surface area contributed by atoms with Crippen LogP contribution in [0, 0.1) is 0 Å². The fraction of sp³-hybridized carbons (Fsp3) is 0.0476. The Morgan fingerprint density at radius 3 is 2.52 bits per heavy atom. The Morgan fingerprint density at radius 2 is 1.83 bits per heavy atom. The van der Waals surface area contributed by atoms with Crippen molar-refractivity contribution in [2.75, 3.05) is 18.2 Å². The number of hydrogen-bond acceptors (Lipinski definition) is 5. The van der Waals surface area contributed by atoms with Gasteiger partial charge in [-0.2, -0.15) is 0 Å². The van der Waals surface area contributed by atoms with Crippen molar-refractivity contribution in [1.29, 1.82) is 0 Å². The number of fused-ring (bicyclic) bond motifs is 1. The van der Waals surface area contributed by atoms with Crippen molar-refractivity contribution in [2.45, 2.75) is 0 Å². The number of ether oxygens (including phenoxy) is 1. The van der Waals surface area contributed by atoms with Crippen LogP contribution in [0.5, 0.6) is 5.75 Å². The first kappa shape index (κ1) is 19.5. The predicted molar refractivity (Wildman–Crippen MR) is 120 cm³/mol. The number of anilines is 2. The van der Waals surface area contributed by atoms with Crippen molar-refractivity contribution in [1.82, 2.24) is 4.98 Å². The van der Waals surface area contributed by atoms with E-state index in [9.17, 15) is 4.79 Å². The molecule has 29 heavy (non-hydrogen) atoms. The first-order valence-electron chi connectivity index (χ1n) is 8.56. The minimum Gasteiger partial charge on any atom is -0.497 e. The molecule has 0 spiro atoms. The first-order chi connectivity index (χ1) is 14.0. The number of nitrogens with two attached hydrogens (primary N) is 1. The molecular formula is C21H15Cl2N3O2S. The zero-order valence-corrected chi connectivity index (χ0v) is 17.5. The first-order valence-corrected chi connectivity index (χ1v) is 10.1. The molecule has 5 nitrogen and oxygen atoms in total. The number of aromatic nitrogens is 1. The summed E-state index contributed by atoms with van der Waals surface area (Å²) < 4.78 is 5.19. The molecular weight excluding hydrogens is 429 g/mol. The van der Waals surface area contributed by atoms with Crippen molar-refractivity contribution in [3.8, 4) is 17.0 Å². The third-order valence-electron chi connectivity index (χ3n) is 4.36. The van der Waals surface area contributed by atoms with Gasteiger partial charge in [-0.25, -0.2) is 4.98 Å². The fourth-order valence-corrected chi connectivity index (χ4v) is 4.14. The van der Waals surface area contributed by atoms with Crippen molar-refractivity contribution < 1.29 is 9.53 Å². The Labute approximate surface area is 181 Å². The number of nitrogens with zero attached hydrogens (tertiary/aromatic N) is 1. The monoisotopic (exact) mass is 443 g/mol. The summed E-state index contributed by atoms with van der Waals surface area (Å²) in [6, 6.07) is 16.3. The molecule has 0 atom stereocenters. The highest BCUT2D eigenvalue weighted by Crippen LogP contribution is 2.35. The number of pyridine rings is 1. The molecule has 0 fully saturated rings. The highest BCUT2D eigenvalue weighted by Gasteiger charge is 2.18. The molecule has 3 N–H and O–H groups in total. The zero-order valence-electron chi connectivity index (χ0n) is 15.2. The van der Waals surface area contributed by atoms with Gasteiger partial charge in [0, 0.05) is 16.6 Å². The molecule has 4 rings (SSSR count). The summed E-state index contributed by atoms with van der Waals surface area (Å²) in [7, 11) is 1.62. The van der Waals surface area contributed by atoms with Crippen LogP contribution in [0.25, 0.3) is 21.5 Å². The van der Waals surface area contributed by atoms with Gasteiger partial charge in [0.15, 0.2) is 0 Å². The smallest absolute Gasteiger partial charge is 0.267 e. The number of rotatable bonds is 4. The van der Waals surface area contributed by atoms with Crippen molar-refractivity contribution in [3.63, 3.8) is 0 Å². The molecule has 8 heteroatoms. The van der Waals surface area contributed by atoms with E-state index in [0.717, 1.165) is 22.4 Å². The minimum absolute atomic E-state index is 0.324. The van der Waals surface area contributed by atoms with E-state index in [0.29, 0.717) is 31.1 Å². The van der Waals surface area contributed by atoms with E-state index in [-0.39, 0.29) is 5.91 Å². The lowest BCUT2D eigenvalue weighted by Gasteiger charge is -2.05. The lowest BCUT2D eigenvalue weighted by molar-refractivity contribution is 0.103. The number of halogens is 2. The molecule has 0 aliphatic rings. The van der Waals surface area contributed by atoms with Crippen molar-refractivity contribution in [2.24, 2.45) is 0 Å². The highest BCUT2D eigenvalue weighted by atomic mass is 35.5. The number of hydrogen-bond donors (Lipinski definition) is 2. The number of carbonyl (C=O) groups is 1. The van der Waals surface area contributed by atoms with Gasteiger partial charge < -0.3 is 15.8 Å². The summed E-state index contributed by atoms with van der Waals surface area (Å²) in [6.45, 7) is 0. The molecule has 0 saturated carbocycles. The van der Waals surface area contributed by atoms with Crippen LogP contribution in [0.4, 0.5) is 11.4 Å². The van der Waals surface area contributed by atoms with Crippen LogP contribution in [-0.2, 0) is 0 Å². The van der Waals surface area contributed by atoms with E-state index < -0.39 is 0 Å². The maximum atomic E-state index is 12.7.